The smallest absolute Gasteiger partial charge is 0.260 e. The molecule has 0 aromatic heterocycles. The first-order chi connectivity index (χ1) is 14.1. The van der Waals surface area contributed by atoms with E-state index in [0.717, 1.165) is 37.2 Å². The average Bonchev–Trinajstić information content (AvgIpc) is 2.73. The molecule has 0 fully saturated rings. The van der Waals surface area contributed by atoms with Gasteiger partial charge in [-0.05, 0) is 55.7 Å². The van der Waals surface area contributed by atoms with E-state index >= 15 is 0 Å². The van der Waals surface area contributed by atoms with Gasteiger partial charge >= 0.3 is 0 Å². The Balaban J connectivity index is 1.97. The summed E-state index contributed by atoms with van der Waals surface area (Å²) in [5.74, 6) is 1.09. The molecule has 0 saturated heterocycles. The van der Waals surface area contributed by atoms with Crippen LogP contribution in [-0.2, 0) is 4.79 Å². The highest BCUT2D eigenvalue weighted by atomic mass is 16.5. The summed E-state index contributed by atoms with van der Waals surface area (Å²) < 4.78 is 11.1. The predicted octanol–water partition coefficient (Wildman–Crippen LogP) is 4.48. The number of methoxy groups -OCH3 is 1. The standard InChI is InChI=1S/C23H31N3O3/c1-5-13-26(14-6-2)23(27)17-29-21-12-9-19(15-22(21)28-4)16-24-25-20-10-7-18(3)8-11-20/h7-12,15-16,25H,5-6,13-14,17H2,1-4H3. The molecule has 1 N–H and O–H groups in total. The average molecular weight is 398 g/mol. The van der Waals surface area contributed by atoms with Gasteiger partial charge in [-0.15, -0.1) is 0 Å². The molecule has 6 heteroatoms. The number of ether oxygens (including phenoxy) is 2. The van der Waals surface area contributed by atoms with E-state index in [9.17, 15) is 4.79 Å². The zero-order valence-electron chi connectivity index (χ0n) is 17.8. The molecule has 0 spiro atoms. The van der Waals surface area contributed by atoms with Gasteiger partial charge in [0, 0.05) is 13.1 Å². The van der Waals surface area contributed by atoms with Crippen LogP contribution in [0.4, 0.5) is 5.69 Å². The van der Waals surface area contributed by atoms with Crippen LogP contribution in [0.1, 0.15) is 37.8 Å². The number of rotatable bonds is 11. The summed E-state index contributed by atoms with van der Waals surface area (Å²) >= 11 is 0. The number of nitrogens with one attached hydrogen (secondary N) is 1. The minimum Gasteiger partial charge on any atom is -0.493 e. The van der Waals surface area contributed by atoms with Crippen molar-refractivity contribution in [2.75, 3.05) is 32.2 Å². The van der Waals surface area contributed by atoms with Crippen molar-refractivity contribution >= 4 is 17.8 Å². The minimum atomic E-state index is -0.0105. The van der Waals surface area contributed by atoms with E-state index in [2.05, 4.69) is 24.4 Å². The summed E-state index contributed by atoms with van der Waals surface area (Å²) in [4.78, 5) is 14.2. The highest BCUT2D eigenvalue weighted by Crippen LogP contribution is 2.27. The fourth-order valence-electron chi connectivity index (χ4n) is 2.82. The monoisotopic (exact) mass is 397 g/mol. The number of anilines is 1. The number of hydrogen-bond acceptors (Lipinski definition) is 5. The number of carbonyl (C=O) groups excluding carboxylic acids is 1. The van der Waals surface area contributed by atoms with Crippen LogP contribution in [0.15, 0.2) is 47.6 Å². The highest BCUT2D eigenvalue weighted by molar-refractivity contribution is 5.82. The number of hydrazone groups is 1. The molecule has 0 aliphatic rings. The van der Waals surface area contributed by atoms with Gasteiger partial charge in [0.1, 0.15) is 0 Å². The van der Waals surface area contributed by atoms with Gasteiger partial charge < -0.3 is 14.4 Å². The van der Waals surface area contributed by atoms with Crippen molar-refractivity contribution in [1.29, 1.82) is 0 Å². The van der Waals surface area contributed by atoms with Crippen molar-refractivity contribution in [3.8, 4) is 11.5 Å². The molecule has 0 aliphatic heterocycles. The van der Waals surface area contributed by atoms with Crippen molar-refractivity contribution in [3.05, 3.63) is 53.6 Å². The summed E-state index contributed by atoms with van der Waals surface area (Å²) in [7, 11) is 1.58. The molecule has 29 heavy (non-hydrogen) atoms. The Morgan fingerprint density at radius 3 is 2.38 bits per heavy atom. The van der Waals surface area contributed by atoms with Crippen molar-refractivity contribution in [1.82, 2.24) is 4.90 Å². The second-order valence-electron chi connectivity index (χ2n) is 6.82. The minimum absolute atomic E-state index is 0.00121. The Hall–Kier alpha value is -3.02. The number of amides is 1. The Morgan fingerprint density at radius 2 is 1.76 bits per heavy atom. The molecule has 6 nitrogen and oxygen atoms in total. The van der Waals surface area contributed by atoms with Gasteiger partial charge in [0.2, 0.25) is 0 Å². The second-order valence-corrected chi connectivity index (χ2v) is 6.82. The summed E-state index contributed by atoms with van der Waals surface area (Å²) in [5, 5.41) is 4.25. The molecule has 0 saturated carbocycles. The Labute approximate surface area is 173 Å². The van der Waals surface area contributed by atoms with Gasteiger partial charge in [0.15, 0.2) is 18.1 Å². The maximum Gasteiger partial charge on any atom is 0.260 e. The van der Waals surface area contributed by atoms with Crippen LogP contribution in [-0.4, -0.2) is 43.8 Å². The van der Waals surface area contributed by atoms with E-state index < -0.39 is 0 Å². The molecule has 0 bridgehead atoms. The number of benzene rings is 2. The van der Waals surface area contributed by atoms with Gasteiger partial charge in [0.05, 0.1) is 19.0 Å². The third-order valence-electron chi connectivity index (χ3n) is 4.34. The van der Waals surface area contributed by atoms with Crippen LogP contribution < -0.4 is 14.9 Å². The van der Waals surface area contributed by atoms with E-state index in [1.54, 1.807) is 19.4 Å². The summed E-state index contributed by atoms with van der Waals surface area (Å²) in [6.07, 6.45) is 3.57. The topological polar surface area (TPSA) is 63.2 Å². The first-order valence-electron chi connectivity index (χ1n) is 10.0. The predicted molar refractivity (Wildman–Crippen MR) is 118 cm³/mol. The Bertz CT molecular complexity index is 798. The Kier molecular flexibility index (Phi) is 9.02. The lowest BCUT2D eigenvalue weighted by molar-refractivity contribution is -0.133. The van der Waals surface area contributed by atoms with Gasteiger partial charge in [0.25, 0.3) is 5.91 Å². The van der Waals surface area contributed by atoms with Crippen LogP contribution >= 0.6 is 0 Å². The zero-order valence-corrected chi connectivity index (χ0v) is 17.8. The number of carbonyl (C=O) groups is 1. The maximum atomic E-state index is 12.4. The van der Waals surface area contributed by atoms with E-state index in [1.165, 1.54) is 5.56 Å². The molecule has 0 unspecified atom stereocenters. The fraction of sp³-hybridized carbons (Fsp3) is 0.391. The van der Waals surface area contributed by atoms with Gasteiger partial charge in [-0.3, -0.25) is 10.2 Å². The van der Waals surface area contributed by atoms with Crippen molar-refractivity contribution in [2.24, 2.45) is 5.10 Å². The molecule has 0 aliphatic carbocycles. The first kappa shape index (κ1) is 22.3. The van der Waals surface area contributed by atoms with Crippen LogP contribution in [0.2, 0.25) is 0 Å². The molecule has 0 heterocycles. The third kappa shape index (κ3) is 7.14. The molecule has 2 aromatic carbocycles. The lowest BCUT2D eigenvalue weighted by Crippen LogP contribution is -2.36. The molecule has 2 rings (SSSR count). The molecule has 2 aromatic rings. The van der Waals surface area contributed by atoms with Gasteiger partial charge in [-0.25, -0.2) is 0 Å². The van der Waals surface area contributed by atoms with Crippen LogP contribution in [0.3, 0.4) is 0 Å². The molecule has 0 radical (unpaired) electrons. The molecular weight excluding hydrogens is 366 g/mol. The first-order valence-corrected chi connectivity index (χ1v) is 10.0. The Morgan fingerprint density at radius 1 is 1.07 bits per heavy atom. The van der Waals surface area contributed by atoms with Crippen LogP contribution in [0.25, 0.3) is 0 Å². The van der Waals surface area contributed by atoms with Gasteiger partial charge in [-0.2, -0.15) is 5.10 Å². The van der Waals surface area contributed by atoms with Crippen LogP contribution in [0.5, 0.6) is 11.5 Å². The lowest BCUT2D eigenvalue weighted by Gasteiger charge is -2.21. The zero-order chi connectivity index (χ0) is 21.1. The van der Waals surface area contributed by atoms with E-state index in [0.29, 0.717) is 11.5 Å². The molecule has 0 atom stereocenters. The van der Waals surface area contributed by atoms with E-state index in [4.69, 9.17) is 9.47 Å². The third-order valence-corrected chi connectivity index (χ3v) is 4.34. The number of aryl methyl sites for hydroxylation is 1. The second kappa shape index (κ2) is 11.7. The van der Waals surface area contributed by atoms with Crippen molar-refractivity contribution in [3.63, 3.8) is 0 Å². The van der Waals surface area contributed by atoms with E-state index in [1.807, 2.05) is 48.2 Å². The van der Waals surface area contributed by atoms with Gasteiger partial charge in [-0.1, -0.05) is 31.5 Å². The molecular formula is C23H31N3O3. The highest BCUT2D eigenvalue weighted by Gasteiger charge is 2.14. The maximum absolute atomic E-state index is 12.4. The molecule has 1 amide bonds. The number of nitrogens with zero attached hydrogens (tertiary/aromatic N) is 2. The normalized spacial score (nSPS) is 10.8. The SMILES string of the molecule is CCCN(CCC)C(=O)COc1ccc(C=NNc2ccc(C)cc2)cc1OC. The fourth-order valence-corrected chi connectivity index (χ4v) is 2.82. The largest absolute Gasteiger partial charge is 0.493 e. The lowest BCUT2D eigenvalue weighted by atomic mass is 10.2. The summed E-state index contributed by atoms with van der Waals surface area (Å²) in [6.45, 7) is 7.66. The summed E-state index contributed by atoms with van der Waals surface area (Å²) in [6, 6.07) is 13.5. The van der Waals surface area contributed by atoms with Crippen molar-refractivity contribution in [2.45, 2.75) is 33.6 Å². The van der Waals surface area contributed by atoms with E-state index in [-0.39, 0.29) is 12.5 Å². The van der Waals surface area contributed by atoms with Crippen LogP contribution in [0, 0.1) is 6.92 Å². The van der Waals surface area contributed by atoms with Crippen molar-refractivity contribution < 1.29 is 14.3 Å². The molecule has 156 valence electrons. The number of hydrogen-bond donors (Lipinski definition) is 1. The quantitative estimate of drug-likeness (QED) is 0.449. The summed E-state index contributed by atoms with van der Waals surface area (Å²) in [5.41, 5.74) is 5.97.